The third-order valence-electron chi connectivity index (χ3n) is 4.28. The van der Waals surface area contributed by atoms with Crippen LogP contribution in [0.3, 0.4) is 0 Å². The summed E-state index contributed by atoms with van der Waals surface area (Å²) in [5.74, 6) is 0.232. The van der Waals surface area contributed by atoms with Crippen LogP contribution >= 0.6 is 24.8 Å². The van der Waals surface area contributed by atoms with E-state index in [1.54, 1.807) is 12.4 Å². The van der Waals surface area contributed by atoms with Gasteiger partial charge in [0.25, 0.3) is 0 Å². The Hall–Kier alpha value is -2.41. The molecule has 0 bridgehead atoms. The summed E-state index contributed by atoms with van der Waals surface area (Å²) in [6.07, 6.45) is 6.07. The normalized spacial score (nSPS) is 11.3. The summed E-state index contributed by atoms with van der Waals surface area (Å²) >= 11 is 0. The van der Waals surface area contributed by atoms with E-state index in [-0.39, 0.29) is 30.7 Å². The minimum Gasteiger partial charge on any atom is -0.351 e. The highest BCUT2D eigenvalue weighted by atomic mass is 35.5. The largest absolute Gasteiger partial charge is 0.351 e. The van der Waals surface area contributed by atoms with Crippen LogP contribution in [-0.4, -0.2) is 26.7 Å². The number of para-hydroxylation sites is 1. The van der Waals surface area contributed by atoms with Gasteiger partial charge in [-0.1, -0.05) is 32.0 Å². The van der Waals surface area contributed by atoms with Gasteiger partial charge in [0, 0.05) is 36.3 Å². The van der Waals surface area contributed by atoms with Crippen molar-refractivity contribution in [3.63, 3.8) is 0 Å². The molecule has 0 aliphatic carbocycles. The van der Waals surface area contributed by atoms with Gasteiger partial charge >= 0.3 is 0 Å². The van der Waals surface area contributed by atoms with Crippen LogP contribution in [0.5, 0.6) is 0 Å². The Balaban J connectivity index is 0.00000210. The molecule has 0 fully saturated rings. The molecule has 3 N–H and O–H groups in total. The maximum absolute atomic E-state index is 12.3. The fraction of sp³-hybridized carbons (Fsp3) is 0.286. The number of aromatic nitrogens is 3. The molecular weight excluding hydrogens is 409 g/mol. The van der Waals surface area contributed by atoms with Crippen LogP contribution in [0, 0.1) is 5.92 Å². The first kappa shape index (κ1) is 24.6. The van der Waals surface area contributed by atoms with Crippen molar-refractivity contribution in [3.05, 3.63) is 66.6 Å². The Morgan fingerprint density at radius 1 is 1.10 bits per heavy atom. The van der Waals surface area contributed by atoms with E-state index in [0.29, 0.717) is 18.9 Å². The Kier molecular flexibility index (Phi) is 9.81. The molecule has 1 amide bonds. The van der Waals surface area contributed by atoms with Crippen molar-refractivity contribution in [1.29, 1.82) is 0 Å². The predicted octanol–water partition coefficient (Wildman–Crippen LogP) is 3.77. The number of carbonyl (C=O) groups is 1. The molecule has 0 saturated heterocycles. The molecule has 1 atom stereocenters. The number of carbonyl (C=O) groups excluding carboxylic acids is 1. The van der Waals surface area contributed by atoms with Crippen molar-refractivity contribution in [2.24, 2.45) is 11.7 Å². The second-order valence-electron chi connectivity index (χ2n) is 6.97. The Morgan fingerprint density at radius 2 is 1.76 bits per heavy atom. The number of rotatable bonds is 7. The lowest BCUT2D eigenvalue weighted by Crippen LogP contribution is -2.41. The SMILES string of the molecule is CC(C)C[C@H](N)C(=O)NCc1cn(-c2ccccc2)nc1-c1ccncc1.Cl.Cl. The molecule has 0 saturated carbocycles. The summed E-state index contributed by atoms with van der Waals surface area (Å²) in [6, 6.07) is 13.2. The van der Waals surface area contributed by atoms with Crippen molar-refractivity contribution in [2.45, 2.75) is 32.9 Å². The van der Waals surface area contributed by atoms with E-state index in [0.717, 1.165) is 22.5 Å². The first-order valence-electron chi connectivity index (χ1n) is 9.12. The number of nitrogens with one attached hydrogen (secondary N) is 1. The molecule has 156 valence electrons. The smallest absolute Gasteiger partial charge is 0.237 e. The van der Waals surface area contributed by atoms with E-state index in [1.807, 2.05) is 53.3 Å². The highest BCUT2D eigenvalue weighted by Gasteiger charge is 2.17. The second kappa shape index (κ2) is 11.6. The molecule has 0 aliphatic heterocycles. The van der Waals surface area contributed by atoms with E-state index in [2.05, 4.69) is 24.1 Å². The van der Waals surface area contributed by atoms with Gasteiger partial charge in [0.1, 0.15) is 0 Å². The highest BCUT2D eigenvalue weighted by molar-refractivity contribution is 5.85. The van der Waals surface area contributed by atoms with Gasteiger partial charge in [0.2, 0.25) is 5.91 Å². The molecular formula is C21H27Cl2N5O. The number of hydrogen-bond acceptors (Lipinski definition) is 4. The number of pyridine rings is 1. The van der Waals surface area contributed by atoms with Crippen LogP contribution in [0.15, 0.2) is 61.1 Å². The van der Waals surface area contributed by atoms with Crippen LogP contribution in [0.1, 0.15) is 25.8 Å². The van der Waals surface area contributed by atoms with E-state index in [4.69, 9.17) is 10.8 Å². The van der Waals surface area contributed by atoms with E-state index in [1.165, 1.54) is 0 Å². The van der Waals surface area contributed by atoms with Crippen LogP contribution < -0.4 is 11.1 Å². The molecule has 8 heteroatoms. The van der Waals surface area contributed by atoms with Crippen LogP contribution in [0.25, 0.3) is 16.9 Å². The highest BCUT2D eigenvalue weighted by Crippen LogP contribution is 2.23. The summed E-state index contributed by atoms with van der Waals surface area (Å²) in [5, 5.41) is 7.67. The van der Waals surface area contributed by atoms with Gasteiger partial charge in [-0.05, 0) is 36.6 Å². The minimum atomic E-state index is -0.501. The molecule has 3 aromatic rings. The zero-order valence-corrected chi connectivity index (χ0v) is 18.1. The second-order valence-corrected chi connectivity index (χ2v) is 6.97. The number of nitrogens with two attached hydrogens (primary N) is 1. The number of amides is 1. The molecule has 0 radical (unpaired) electrons. The fourth-order valence-corrected chi connectivity index (χ4v) is 2.93. The van der Waals surface area contributed by atoms with E-state index >= 15 is 0 Å². The summed E-state index contributed by atoms with van der Waals surface area (Å²) in [5.41, 5.74) is 9.65. The monoisotopic (exact) mass is 435 g/mol. The lowest BCUT2D eigenvalue weighted by Gasteiger charge is -2.14. The predicted molar refractivity (Wildman–Crippen MR) is 121 cm³/mol. The molecule has 3 rings (SSSR count). The third kappa shape index (κ3) is 6.56. The average molecular weight is 436 g/mol. The average Bonchev–Trinajstić information content (AvgIpc) is 3.11. The zero-order valence-electron chi connectivity index (χ0n) is 16.5. The van der Waals surface area contributed by atoms with Crippen LogP contribution in [0.4, 0.5) is 0 Å². The Morgan fingerprint density at radius 3 is 2.38 bits per heavy atom. The lowest BCUT2D eigenvalue weighted by atomic mass is 10.0. The first-order chi connectivity index (χ1) is 13.0. The molecule has 29 heavy (non-hydrogen) atoms. The maximum Gasteiger partial charge on any atom is 0.237 e. The molecule has 6 nitrogen and oxygen atoms in total. The van der Waals surface area contributed by atoms with Gasteiger partial charge in [-0.2, -0.15) is 5.10 Å². The lowest BCUT2D eigenvalue weighted by molar-refractivity contribution is -0.122. The van der Waals surface area contributed by atoms with Crippen molar-refractivity contribution in [2.75, 3.05) is 0 Å². The van der Waals surface area contributed by atoms with Crippen molar-refractivity contribution < 1.29 is 4.79 Å². The van der Waals surface area contributed by atoms with Crippen LogP contribution in [0.2, 0.25) is 0 Å². The van der Waals surface area contributed by atoms with Gasteiger partial charge in [-0.15, -0.1) is 24.8 Å². The topological polar surface area (TPSA) is 85.8 Å². The zero-order chi connectivity index (χ0) is 19.2. The maximum atomic E-state index is 12.3. The van der Waals surface area contributed by atoms with Gasteiger partial charge in [-0.3, -0.25) is 9.78 Å². The summed E-state index contributed by atoms with van der Waals surface area (Å²) in [6.45, 7) is 4.48. The Labute approximate surface area is 183 Å². The van der Waals surface area contributed by atoms with E-state index < -0.39 is 6.04 Å². The molecule has 0 aliphatic rings. The molecule has 1 aromatic carbocycles. The molecule has 2 aromatic heterocycles. The van der Waals surface area contributed by atoms with E-state index in [9.17, 15) is 4.79 Å². The fourth-order valence-electron chi connectivity index (χ4n) is 2.93. The van der Waals surface area contributed by atoms with Gasteiger partial charge < -0.3 is 11.1 Å². The van der Waals surface area contributed by atoms with Crippen molar-refractivity contribution in [3.8, 4) is 16.9 Å². The first-order valence-corrected chi connectivity index (χ1v) is 9.12. The number of halogens is 2. The Bertz CT molecular complexity index is 885. The quantitative estimate of drug-likeness (QED) is 0.591. The summed E-state index contributed by atoms with van der Waals surface area (Å²) in [4.78, 5) is 16.4. The third-order valence-corrected chi connectivity index (χ3v) is 4.28. The molecule has 2 heterocycles. The molecule has 0 spiro atoms. The standard InChI is InChI=1S/C21H25N5O.2ClH/c1-15(2)12-19(22)21(27)24-13-17-14-26(18-6-4-3-5-7-18)25-20(17)16-8-10-23-11-9-16;;/h3-11,14-15,19H,12-13,22H2,1-2H3,(H,24,27);2*1H/t19-;;/m0../s1. The summed E-state index contributed by atoms with van der Waals surface area (Å²) < 4.78 is 1.82. The van der Waals surface area contributed by atoms with Gasteiger partial charge in [0.15, 0.2) is 0 Å². The molecule has 0 unspecified atom stereocenters. The number of nitrogens with zero attached hydrogens (tertiary/aromatic N) is 3. The minimum absolute atomic E-state index is 0. The number of benzene rings is 1. The number of hydrogen-bond donors (Lipinski definition) is 2. The van der Waals surface area contributed by atoms with Crippen molar-refractivity contribution in [1.82, 2.24) is 20.1 Å². The van der Waals surface area contributed by atoms with Crippen molar-refractivity contribution >= 4 is 30.7 Å². The van der Waals surface area contributed by atoms with Crippen LogP contribution in [-0.2, 0) is 11.3 Å². The summed E-state index contributed by atoms with van der Waals surface area (Å²) in [7, 11) is 0. The van der Waals surface area contributed by atoms with Gasteiger partial charge in [-0.25, -0.2) is 4.68 Å². The van der Waals surface area contributed by atoms with Gasteiger partial charge in [0.05, 0.1) is 17.4 Å².